The maximum absolute atomic E-state index is 12.3. The lowest BCUT2D eigenvalue weighted by molar-refractivity contribution is 0.567. The Balaban J connectivity index is 1.60. The number of benzene rings is 1. The molecule has 23 heavy (non-hydrogen) atoms. The third kappa shape index (κ3) is 2.59. The minimum atomic E-state index is -0.309. The van der Waals surface area contributed by atoms with Crippen LogP contribution < -0.4 is 5.69 Å². The fraction of sp³-hybridized carbons (Fsp3) is 0.0667. The number of hydrogen-bond acceptors (Lipinski definition) is 6. The molecule has 4 aromatic rings. The van der Waals surface area contributed by atoms with E-state index in [9.17, 15) is 4.79 Å². The van der Waals surface area contributed by atoms with Crippen molar-refractivity contribution in [2.24, 2.45) is 0 Å². The molecule has 0 saturated heterocycles. The van der Waals surface area contributed by atoms with Crippen molar-refractivity contribution in [2.75, 3.05) is 0 Å². The molecule has 0 fully saturated rings. The third-order valence-corrected chi connectivity index (χ3v) is 4.08. The fourth-order valence-corrected chi connectivity index (χ4v) is 2.82. The standard InChI is InChI=1S/C15H11N5O2S/c21-15-19(17-18-20(15)13-7-4-8-23-13)9-12-10-22-14(16-12)11-5-2-1-3-6-11/h1-8,10H,9H2. The molecule has 0 spiro atoms. The van der Waals surface area contributed by atoms with Crippen LogP contribution in [-0.4, -0.2) is 24.8 Å². The minimum absolute atomic E-state index is 0.209. The Morgan fingerprint density at radius 1 is 1.09 bits per heavy atom. The number of nitrogens with zero attached hydrogens (tertiary/aromatic N) is 5. The zero-order valence-corrected chi connectivity index (χ0v) is 12.7. The van der Waals surface area contributed by atoms with Gasteiger partial charge in [0.1, 0.15) is 17.0 Å². The number of tetrazole rings is 1. The summed E-state index contributed by atoms with van der Waals surface area (Å²) in [5.74, 6) is 0.513. The Morgan fingerprint density at radius 3 is 2.74 bits per heavy atom. The first-order valence-corrected chi connectivity index (χ1v) is 7.76. The lowest BCUT2D eigenvalue weighted by Gasteiger charge is -1.94. The molecule has 7 nitrogen and oxygen atoms in total. The van der Waals surface area contributed by atoms with Crippen LogP contribution in [0.5, 0.6) is 0 Å². The van der Waals surface area contributed by atoms with Gasteiger partial charge in [0, 0.05) is 5.56 Å². The zero-order chi connectivity index (χ0) is 15.6. The zero-order valence-electron chi connectivity index (χ0n) is 11.9. The quantitative estimate of drug-likeness (QED) is 0.575. The summed E-state index contributed by atoms with van der Waals surface area (Å²) in [6, 6.07) is 13.2. The molecule has 0 unspecified atom stereocenters. The Hall–Kier alpha value is -3.00. The number of thiophene rings is 1. The lowest BCUT2D eigenvalue weighted by Crippen LogP contribution is -2.24. The van der Waals surface area contributed by atoms with Gasteiger partial charge in [-0.2, -0.15) is 9.36 Å². The molecule has 114 valence electrons. The van der Waals surface area contributed by atoms with Crippen LogP contribution in [0.1, 0.15) is 5.69 Å². The number of oxazole rings is 1. The van der Waals surface area contributed by atoms with Crippen LogP contribution in [0.4, 0.5) is 0 Å². The van der Waals surface area contributed by atoms with Gasteiger partial charge in [0.2, 0.25) is 5.89 Å². The topological polar surface area (TPSA) is 78.7 Å². The Labute approximate surface area is 134 Å². The number of aromatic nitrogens is 5. The molecule has 0 amide bonds. The monoisotopic (exact) mass is 325 g/mol. The molecule has 0 N–H and O–H groups in total. The molecule has 3 aromatic heterocycles. The van der Waals surface area contributed by atoms with E-state index in [1.54, 1.807) is 0 Å². The molecule has 8 heteroatoms. The van der Waals surface area contributed by atoms with Gasteiger partial charge in [-0.15, -0.1) is 11.3 Å². The Morgan fingerprint density at radius 2 is 1.96 bits per heavy atom. The average molecular weight is 325 g/mol. The Bertz CT molecular complexity index is 969. The minimum Gasteiger partial charge on any atom is -0.444 e. The normalized spacial score (nSPS) is 11.0. The van der Waals surface area contributed by atoms with Crippen LogP contribution >= 0.6 is 11.3 Å². The average Bonchev–Trinajstić information content (AvgIpc) is 3.31. The van der Waals surface area contributed by atoms with Crippen LogP contribution in [-0.2, 0) is 6.54 Å². The second-order valence-electron chi connectivity index (χ2n) is 4.79. The molecule has 4 rings (SSSR count). The van der Waals surface area contributed by atoms with Gasteiger partial charge in [-0.1, -0.05) is 18.2 Å². The van der Waals surface area contributed by atoms with Crippen molar-refractivity contribution >= 4 is 11.3 Å². The summed E-state index contributed by atoms with van der Waals surface area (Å²) in [6.07, 6.45) is 1.53. The van der Waals surface area contributed by atoms with E-state index in [0.29, 0.717) is 11.6 Å². The summed E-state index contributed by atoms with van der Waals surface area (Å²) in [4.78, 5) is 16.7. The summed E-state index contributed by atoms with van der Waals surface area (Å²) in [6.45, 7) is 0.209. The van der Waals surface area contributed by atoms with E-state index in [2.05, 4.69) is 15.4 Å². The second kappa shape index (κ2) is 5.65. The van der Waals surface area contributed by atoms with E-state index in [0.717, 1.165) is 10.6 Å². The molecule has 0 aliphatic rings. The molecule has 0 radical (unpaired) electrons. The number of rotatable bonds is 4. The lowest BCUT2D eigenvalue weighted by atomic mass is 10.2. The highest BCUT2D eigenvalue weighted by molar-refractivity contribution is 7.12. The van der Waals surface area contributed by atoms with Gasteiger partial charge in [0.25, 0.3) is 0 Å². The molecular formula is C15H11N5O2S. The van der Waals surface area contributed by atoms with Gasteiger partial charge >= 0.3 is 5.69 Å². The van der Waals surface area contributed by atoms with Gasteiger partial charge in [0.15, 0.2) is 0 Å². The molecular weight excluding hydrogens is 314 g/mol. The van der Waals surface area contributed by atoms with Gasteiger partial charge in [-0.05, 0) is 40.1 Å². The van der Waals surface area contributed by atoms with E-state index in [1.807, 2.05) is 47.8 Å². The summed E-state index contributed by atoms with van der Waals surface area (Å²) in [5, 5.41) is 10.4. The predicted molar refractivity (Wildman–Crippen MR) is 84.5 cm³/mol. The molecule has 0 aliphatic carbocycles. The van der Waals surface area contributed by atoms with Gasteiger partial charge in [-0.25, -0.2) is 9.78 Å². The van der Waals surface area contributed by atoms with Crippen molar-refractivity contribution in [1.82, 2.24) is 24.8 Å². The van der Waals surface area contributed by atoms with Crippen LogP contribution in [0, 0.1) is 0 Å². The second-order valence-corrected chi connectivity index (χ2v) is 5.72. The van der Waals surface area contributed by atoms with E-state index in [4.69, 9.17) is 4.42 Å². The van der Waals surface area contributed by atoms with E-state index < -0.39 is 0 Å². The Kier molecular flexibility index (Phi) is 3.35. The van der Waals surface area contributed by atoms with Crippen LogP contribution in [0.25, 0.3) is 16.5 Å². The van der Waals surface area contributed by atoms with E-state index in [-0.39, 0.29) is 12.2 Å². The first-order valence-electron chi connectivity index (χ1n) is 6.88. The largest absolute Gasteiger partial charge is 0.444 e. The highest BCUT2D eigenvalue weighted by atomic mass is 32.1. The van der Waals surface area contributed by atoms with Crippen LogP contribution in [0.2, 0.25) is 0 Å². The van der Waals surface area contributed by atoms with E-state index in [1.165, 1.54) is 27.0 Å². The van der Waals surface area contributed by atoms with Crippen LogP contribution in [0.3, 0.4) is 0 Å². The summed E-state index contributed by atoms with van der Waals surface area (Å²) < 4.78 is 7.99. The van der Waals surface area contributed by atoms with Crippen molar-refractivity contribution < 1.29 is 4.42 Å². The third-order valence-electron chi connectivity index (χ3n) is 3.24. The van der Waals surface area contributed by atoms with Gasteiger partial charge < -0.3 is 4.42 Å². The molecule has 0 atom stereocenters. The maximum atomic E-state index is 12.3. The van der Waals surface area contributed by atoms with E-state index >= 15 is 0 Å². The fourth-order valence-electron chi connectivity index (χ4n) is 2.15. The molecule has 3 heterocycles. The summed E-state index contributed by atoms with van der Waals surface area (Å²) in [7, 11) is 0. The molecule has 0 aliphatic heterocycles. The molecule has 0 bridgehead atoms. The highest BCUT2D eigenvalue weighted by Crippen LogP contribution is 2.18. The number of hydrogen-bond donors (Lipinski definition) is 0. The van der Waals surface area contributed by atoms with Crippen molar-refractivity contribution in [3.05, 3.63) is 70.3 Å². The van der Waals surface area contributed by atoms with Crippen molar-refractivity contribution in [3.63, 3.8) is 0 Å². The predicted octanol–water partition coefficient (Wildman–Crippen LogP) is 2.19. The van der Waals surface area contributed by atoms with Gasteiger partial charge in [-0.3, -0.25) is 0 Å². The van der Waals surface area contributed by atoms with Crippen molar-refractivity contribution in [1.29, 1.82) is 0 Å². The molecule has 1 aromatic carbocycles. The maximum Gasteiger partial charge on any atom is 0.369 e. The highest BCUT2D eigenvalue weighted by Gasteiger charge is 2.12. The smallest absolute Gasteiger partial charge is 0.369 e. The van der Waals surface area contributed by atoms with Crippen molar-refractivity contribution in [3.8, 4) is 16.5 Å². The van der Waals surface area contributed by atoms with Crippen molar-refractivity contribution in [2.45, 2.75) is 6.54 Å². The summed E-state index contributed by atoms with van der Waals surface area (Å²) in [5.41, 5.74) is 1.19. The first kappa shape index (κ1) is 13.6. The first-order chi connectivity index (χ1) is 11.3. The summed E-state index contributed by atoms with van der Waals surface area (Å²) >= 11 is 1.42. The van der Waals surface area contributed by atoms with Gasteiger partial charge in [0.05, 0.1) is 6.54 Å². The SMILES string of the molecule is O=c1n(Cc2coc(-c3ccccc3)n2)nnn1-c1cccs1. The van der Waals surface area contributed by atoms with Crippen LogP contribution in [0.15, 0.2) is 63.3 Å². The molecule has 0 saturated carbocycles.